The number of hydrogen-bond acceptors (Lipinski definition) is 4. The van der Waals surface area contributed by atoms with E-state index in [-0.39, 0.29) is 25.0 Å². The lowest BCUT2D eigenvalue weighted by Gasteiger charge is -2.39. The molecular formula is C9H17N3O3. The number of primary amides is 1. The number of carbonyl (C=O) groups is 2. The first-order valence-corrected chi connectivity index (χ1v) is 4.91. The molecule has 1 aliphatic heterocycles. The maximum atomic E-state index is 11.7. The summed E-state index contributed by atoms with van der Waals surface area (Å²) in [6.45, 7) is 0.880. The molecule has 2 atom stereocenters. The maximum absolute atomic E-state index is 11.7. The second kappa shape index (κ2) is 5.09. The summed E-state index contributed by atoms with van der Waals surface area (Å²) in [5.41, 5.74) is 10.5. The van der Waals surface area contributed by atoms with Gasteiger partial charge in [-0.05, 0) is 6.42 Å². The van der Waals surface area contributed by atoms with Crippen molar-refractivity contribution in [1.82, 2.24) is 4.90 Å². The Morgan fingerprint density at radius 3 is 2.60 bits per heavy atom. The summed E-state index contributed by atoms with van der Waals surface area (Å²) >= 11 is 0. The van der Waals surface area contributed by atoms with Crippen molar-refractivity contribution < 1.29 is 14.3 Å². The van der Waals surface area contributed by atoms with Crippen LogP contribution in [-0.2, 0) is 14.3 Å². The van der Waals surface area contributed by atoms with Gasteiger partial charge in [0.1, 0.15) is 6.04 Å². The molecule has 0 spiro atoms. The van der Waals surface area contributed by atoms with Crippen molar-refractivity contribution in [1.29, 1.82) is 0 Å². The summed E-state index contributed by atoms with van der Waals surface area (Å²) in [6, 6.07) is -0.437. The van der Waals surface area contributed by atoms with E-state index >= 15 is 0 Å². The van der Waals surface area contributed by atoms with Gasteiger partial charge in [-0.1, -0.05) is 0 Å². The third-order valence-electron chi connectivity index (χ3n) is 2.67. The number of amides is 2. The number of rotatable bonds is 5. The van der Waals surface area contributed by atoms with E-state index < -0.39 is 11.9 Å². The fourth-order valence-corrected chi connectivity index (χ4v) is 1.56. The first-order chi connectivity index (χ1) is 7.10. The number of likely N-dealkylation sites (tertiary alicyclic amines) is 1. The van der Waals surface area contributed by atoms with Gasteiger partial charge in [-0.15, -0.1) is 0 Å². The summed E-state index contributed by atoms with van der Waals surface area (Å²) in [6.07, 6.45) is 0.574. The smallest absolute Gasteiger partial charge is 0.240 e. The summed E-state index contributed by atoms with van der Waals surface area (Å²) < 4.78 is 5.00. The molecule has 6 nitrogen and oxygen atoms in total. The Morgan fingerprint density at radius 1 is 1.60 bits per heavy atom. The summed E-state index contributed by atoms with van der Waals surface area (Å²) in [4.78, 5) is 24.0. The van der Waals surface area contributed by atoms with Crippen molar-refractivity contribution in [3.8, 4) is 0 Å². The van der Waals surface area contributed by atoms with Crippen LogP contribution in [0.1, 0.15) is 12.8 Å². The van der Waals surface area contributed by atoms with E-state index in [2.05, 4.69) is 0 Å². The zero-order chi connectivity index (χ0) is 11.4. The Kier molecular flexibility index (Phi) is 4.05. The highest BCUT2D eigenvalue weighted by molar-refractivity contribution is 5.88. The van der Waals surface area contributed by atoms with Gasteiger partial charge in [-0.3, -0.25) is 9.59 Å². The van der Waals surface area contributed by atoms with Crippen LogP contribution >= 0.6 is 0 Å². The van der Waals surface area contributed by atoms with Gasteiger partial charge < -0.3 is 21.1 Å². The van der Waals surface area contributed by atoms with Gasteiger partial charge in [-0.2, -0.15) is 0 Å². The van der Waals surface area contributed by atoms with Crippen LogP contribution in [0.15, 0.2) is 0 Å². The van der Waals surface area contributed by atoms with Gasteiger partial charge in [0.15, 0.2) is 0 Å². The van der Waals surface area contributed by atoms with Crippen molar-refractivity contribution in [3.63, 3.8) is 0 Å². The average Bonchev–Trinajstić information content (AvgIpc) is 2.11. The van der Waals surface area contributed by atoms with Gasteiger partial charge in [0.2, 0.25) is 11.8 Å². The van der Waals surface area contributed by atoms with Crippen LogP contribution in [0.2, 0.25) is 0 Å². The third-order valence-corrected chi connectivity index (χ3v) is 2.67. The van der Waals surface area contributed by atoms with E-state index in [4.69, 9.17) is 16.2 Å². The monoisotopic (exact) mass is 215 g/mol. The molecule has 0 saturated carbocycles. The van der Waals surface area contributed by atoms with Crippen LogP contribution in [0.3, 0.4) is 0 Å². The summed E-state index contributed by atoms with van der Waals surface area (Å²) in [7, 11) is 1.51. The molecule has 15 heavy (non-hydrogen) atoms. The van der Waals surface area contributed by atoms with Gasteiger partial charge >= 0.3 is 0 Å². The second-order valence-corrected chi connectivity index (χ2v) is 3.59. The number of nitrogens with two attached hydrogens (primary N) is 2. The molecule has 0 aromatic rings. The number of ether oxygens (including phenoxy) is 1. The Balaban J connectivity index is 2.44. The highest BCUT2D eigenvalue weighted by Crippen LogP contribution is 2.18. The first-order valence-electron chi connectivity index (χ1n) is 4.91. The summed E-state index contributed by atoms with van der Waals surface area (Å²) in [5, 5.41) is 0. The highest BCUT2D eigenvalue weighted by Gasteiger charge is 2.36. The molecule has 86 valence electrons. The molecule has 0 aromatic heterocycles. The van der Waals surface area contributed by atoms with Crippen LogP contribution in [0.25, 0.3) is 0 Å². The van der Waals surface area contributed by atoms with Crippen molar-refractivity contribution in [2.45, 2.75) is 25.0 Å². The Labute approximate surface area is 88.5 Å². The zero-order valence-corrected chi connectivity index (χ0v) is 8.81. The molecule has 0 aromatic carbocycles. The van der Waals surface area contributed by atoms with E-state index in [0.29, 0.717) is 13.0 Å². The zero-order valence-electron chi connectivity index (χ0n) is 8.81. The summed E-state index contributed by atoms with van der Waals surface area (Å²) in [5.74, 6) is -0.571. The van der Waals surface area contributed by atoms with Crippen molar-refractivity contribution in [3.05, 3.63) is 0 Å². The fourth-order valence-electron chi connectivity index (χ4n) is 1.56. The van der Waals surface area contributed by atoms with Gasteiger partial charge in [-0.25, -0.2) is 0 Å². The number of carbonyl (C=O) groups excluding carboxylic acids is 2. The Bertz CT molecular complexity index is 253. The minimum Gasteiger partial charge on any atom is -0.380 e. The minimum atomic E-state index is -0.448. The van der Waals surface area contributed by atoms with Crippen LogP contribution in [-0.4, -0.2) is 49.1 Å². The SMILES string of the molecule is COC(CN)CC(=O)N1CCC1C(N)=O. The molecule has 0 bridgehead atoms. The van der Waals surface area contributed by atoms with Crippen molar-refractivity contribution >= 4 is 11.8 Å². The lowest BCUT2D eigenvalue weighted by atomic mass is 10.0. The normalized spacial score (nSPS) is 22.0. The first kappa shape index (κ1) is 11.9. The number of hydrogen-bond donors (Lipinski definition) is 2. The van der Waals surface area contributed by atoms with E-state index in [0.717, 1.165) is 0 Å². The van der Waals surface area contributed by atoms with E-state index in [9.17, 15) is 9.59 Å². The van der Waals surface area contributed by atoms with Crippen molar-refractivity contribution in [2.24, 2.45) is 11.5 Å². The molecule has 1 aliphatic rings. The van der Waals surface area contributed by atoms with E-state index in [1.165, 1.54) is 12.0 Å². The number of nitrogens with zero attached hydrogens (tertiary/aromatic N) is 1. The molecule has 2 unspecified atom stereocenters. The van der Waals surface area contributed by atoms with E-state index in [1.807, 2.05) is 0 Å². The molecule has 2 amide bonds. The highest BCUT2D eigenvalue weighted by atomic mass is 16.5. The van der Waals surface area contributed by atoms with Crippen molar-refractivity contribution in [2.75, 3.05) is 20.2 Å². The fraction of sp³-hybridized carbons (Fsp3) is 0.778. The number of methoxy groups -OCH3 is 1. The Hall–Kier alpha value is -1.14. The maximum Gasteiger partial charge on any atom is 0.240 e. The molecule has 4 N–H and O–H groups in total. The topological polar surface area (TPSA) is 98.7 Å². The molecule has 1 heterocycles. The lowest BCUT2D eigenvalue weighted by Crippen LogP contribution is -2.57. The van der Waals surface area contributed by atoms with Gasteiger partial charge in [0.25, 0.3) is 0 Å². The predicted molar refractivity (Wildman–Crippen MR) is 53.8 cm³/mol. The molecule has 1 fully saturated rings. The van der Waals surface area contributed by atoms with Crippen LogP contribution < -0.4 is 11.5 Å². The minimum absolute atomic E-state index is 0.123. The third kappa shape index (κ3) is 2.66. The van der Waals surface area contributed by atoms with Crippen LogP contribution in [0, 0.1) is 0 Å². The second-order valence-electron chi connectivity index (χ2n) is 3.59. The predicted octanol–water partition coefficient (Wildman–Crippen LogP) is -1.56. The molecule has 1 rings (SSSR count). The largest absolute Gasteiger partial charge is 0.380 e. The molecule has 6 heteroatoms. The van der Waals surface area contributed by atoms with Gasteiger partial charge in [0, 0.05) is 20.2 Å². The van der Waals surface area contributed by atoms with E-state index in [1.54, 1.807) is 0 Å². The molecular weight excluding hydrogens is 198 g/mol. The molecule has 0 radical (unpaired) electrons. The van der Waals surface area contributed by atoms with Crippen LogP contribution in [0.5, 0.6) is 0 Å². The van der Waals surface area contributed by atoms with Crippen LogP contribution in [0.4, 0.5) is 0 Å². The molecule has 1 saturated heterocycles. The average molecular weight is 215 g/mol. The Morgan fingerprint density at radius 2 is 2.27 bits per heavy atom. The molecule has 0 aliphatic carbocycles. The quantitative estimate of drug-likeness (QED) is 0.579. The lowest BCUT2D eigenvalue weighted by molar-refractivity contribution is -0.147. The van der Waals surface area contributed by atoms with Gasteiger partial charge in [0.05, 0.1) is 12.5 Å². The standard InChI is InChI=1S/C9H17N3O3/c1-15-6(5-10)4-8(13)12-3-2-7(12)9(11)14/h6-7H,2-5,10H2,1H3,(H2,11,14).